The van der Waals surface area contributed by atoms with Gasteiger partial charge in [0.2, 0.25) is 0 Å². The highest BCUT2D eigenvalue weighted by molar-refractivity contribution is 6.31. The fourth-order valence-electron chi connectivity index (χ4n) is 7.04. The number of nitrogens with two attached hydrogens (primary N) is 1. The number of ether oxygens (including phenoxy) is 2. The Labute approximate surface area is 331 Å². The molecule has 6 aromatic heterocycles. The predicted molar refractivity (Wildman–Crippen MR) is 218 cm³/mol. The molecule has 2 amide bonds. The van der Waals surface area contributed by atoms with Gasteiger partial charge in [-0.05, 0) is 75.9 Å². The van der Waals surface area contributed by atoms with E-state index in [9.17, 15) is 9.59 Å². The summed E-state index contributed by atoms with van der Waals surface area (Å²) in [6.07, 6.45) is 9.50. The van der Waals surface area contributed by atoms with Crippen LogP contribution in [0.15, 0.2) is 73.3 Å². The number of carbonyl (C=O) groups is 2. The lowest BCUT2D eigenvalue weighted by Crippen LogP contribution is -2.39. The van der Waals surface area contributed by atoms with Gasteiger partial charge in [0, 0.05) is 56.9 Å². The topological polar surface area (TPSA) is 172 Å². The molecule has 2 saturated heterocycles. The third-order valence-electron chi connectivity index (χ3n) is 9.55. The molecular weight excluding hydrogens is 734 g/mol. The Morgan fingerprint density at radius 3 is 1.57 bits per heavy atom. The Bertz CT molecular complexity index is 2060. The monoisotopic (exact) mass is 783 g/mol. The Morgan fingerprint density at radius 2 is 1.14 bits per heavy atom. The maximum absolute atomic E-state index is 12.0. The van der Waals surface area contributed by atoms with Crippen molar-refractivity contribution >= 4 is 51.8 Å². The molecule has 0 aliphatic carbocycles. The van der Waals surface area contributed by atoms with Gasteiger partial charge in [-0.1, -0.05) is 38.6 Å². The maximum Gasteiger partial charge on any atom is 0.409 e. The number of amides is 2. The molecule has 0 aromatic carbocycles. The molecule has 2 fully saturated rings. The number of hydrogen-bond acceptors (Lipinski definition) is 11. The summed E-state index contributed by atoms with van der Waals surface area (Å²) in [5.74, 6) is 1.55. The zero-order valence-electron chi connectivity index (χ0n) is 30.2. The van der Waals surface area contributed by atoms with E-state index in [4.69, 9.17) is 36.8 Å². The van der Waals surface area contributed by atoms with Crippen LogP contribution in [0, 0.1) is 0 Å². The molecule has 8 rings (SSSR count). The summed E-state index contributed by atoms with van der Waals surface area (Å²) < 4.78 is 14.5. The number of anilines is 1. The molecule has 6 aromatic rings. The minimum atomic E-state index is -0.249. The lowest BCUT2D eigenvalue weighted by Gasteiger charge is -2.32. The number of aromatic nitrogens is 8. The molecule has 0 bridgehead atoms. The highest BCUT2D eigenvalue weighted by Gasteiger charge is 2.30. The molecule has 16 heteroatoms. The lowest BCUT2D eigenvalue weighted by molar-refractivity contribution is 0.0923. The first kappa shape index (κ1) is 41.3. The van der Waals surface area contributed by atoms with Gasteiger partial charge in [-0.15, -0.1) is 0 Å². The number of nitrogen functional groups attached to an aromatic ring is 1. The molecule has 0 unspecified atom stereocenters. The Balaban J connectivity index is 0.000000207. The molecule has 2 N–H and O–H groups in total. The molecule has 8 heterocycles. The summed E-state index contributed by atoms with van der Waals surface area (Å²) in [7, 11) is 0. The van der Waals surface area contributed by atoms with Crippen LogP contribution in [0.25, 0.3) is 45.4 Å². The van der Waals surface area contributed by atoms with Gasteiger partial charge in [0.25, 0.3) is 0 Å². The molecule has 56 heavy (non-hydrogen) atoms. The van der Waals surface area contributed by atoms with Gasteiger partial charge in [-0.3, -0.25) is 9.97 Å². The summed E-state index contributed by atoms with van der Waals surface area (Å²) >= 11 is 6.11. The Hall–Kier alpha value is -5.83. The normalized spacial score (nSPS) is 14.7. The van der Waals surface area contributed by atoms with Crippen LogP contribution in [0.3, 0.4) is 0 Å². The zero-order chi connectivity index (χ0) is 37.6. The van der Waals surface area contributed by atoms with Gasteiger partial charge in [-0.2, -0.15) is 0 Å². The summed E-state index contributed by atoms with van der Waals surface area (Å²) in [4.78, 5) is 54.9. The molecule has 0 radical (unpaired) electrons. The Kier molecular flexibility index (Phi) is 13.8. The number of pyridine rings is 4. The van der Waals surface area contributed by atoms with E-state index < -0.39 is 0 Å². The molecule has 15 nitrogen and oxygen atoms in total. The third kappa shape index (κ3) is 8.83. The average Bonchev–Trinajstić information content (AvgIpc) is 3.77. The number of rotatable bonds is 6. The van der Waals surface area contributed by atoms with Crippen molar-refractivity contribution in [3.8, 4) is 23.0 Å². The van der Waals surface area contributed by atoms with Gasteiger partial charge in [-0.25, -0.2) is 29.5 Å². The van der Waals surface area contributed by atoms with E-state index in [1.165, 1.54) is 0 Å². The second-order valence-corrected chi connectivity index (χ2v) is 13.4. The van der Waals surface area contributed by atoms with E-state index >= 15 is 0 Å². The van der Waals surface area contributed by atoms with Crippen molar-refractivity contribution in [2.45, 2.75) is 66.5 Å². The van der Waals surface area contributed by atoms with Crippen LogP contribution >= 0.6 is 11.6 Å². The summed E-state index contributed by atoms with van der Waals surface area (Å²) in [5, 5.41) is 0.553. The highest BCUT2D eigenvalue weighted by atomic mass is 35.5. The van der Waals surface area contributed by atoms with Crippen LogP contribution in [0.2, 0.25) is 5.02 Å². The molecule has 0 saturated carbocycles. The highest BCUT2D eigenvalue weighted by Crippen LogP contribution is 2.34. The lowest BCUT2D eigenvalue weighted by atomic mass is 10.0. The number of hydrogen-bond donors (Lipinski definition) is 1. The fourth-order valence-corrected chi connectivity index (χ4v) is 7.19. The van der Waals surface area contributed by atoms with Crippen LogP contribution in [0.4, 0.5) is 15.3 Å². The fraction of sp³-hybridized carbons (Fsp3) is 0.400. The molecule has 2 aliphatic rings. The van der Waals surface area contributed by atoms with Crippen molar-refractivity contribution in [1.82, 2.24) is 48.8 Å². The SMILES string of the molecule is C.C.CCOC(=O)N1CCC(n2c(-c3ccccn3)nc3cc(Cl)cnc32)CC1.CCOC(=O)N1CCC(n2c(-c3ccccn3)nc3cc(N)cnc32)CC1. The van der Waals surface area contributed by atoms with Crippen molar-refractivity contribution in [2.24, 2.45) is 0 Å². The predicted octanol–water partition coefficient (Wildman–Crippen LogP) is 8.08. The third-order valence-corrected chi connectivity index (χ3v) is 9.75. The van der Waals surface area contributed by atoms with Crippen LogP contribution in [-0.2, 0) is 9.47 Å². The minimum Gasteiger partial charge on any atom is -0.450 e. The quantitative estimate of drug-likeness (QED) is 0.173. The molecule has 0 spiro atoms. The smallest absolute Gasteiger partial charge is 0.409 e. The van der Waals surface area contributed by atoms with Crippen molar-refractivity contribution in [3.63, 3.8) is 0 Å². The second-order valence-electron chi connectivity index (χ2n) is 13.0. The van der Waals surface area contributed by atoms with Crippen LogP contribution < -0.4 is 5.73 Å². The summed E-state index contributed by atoms with van der Waals surface area (Å²) in [6.45, 7) is 6.97. The molecule has 296 valence electrons. The van der Waals surface area contributed by atoms with E-state index in [-0.39, 0.29) is 39.1 Å². The average molecular weight is 784 g/mol. The van der Waals surface area contributed by atoms with Gasteiger partial charge >= 0.3 is 12.2 Å². The first-order valence-electron chi connectivity index (χ1n) is 18.2. The van der Waals surface area contributed by atoms with E-state index in [1.807, 2.05) is 62.4 Å². The van der Waals surface area contributed by atoms with Crippen LogP contribution in [0.1, 0.15) is 66.5 Å². The zero-order valence-corrected chi connectivity index (χ0v) is 31.0. The standard InChI is InChI=1S/C19H20ClN5O2.C19H22N6O2.2CH4/c2*1-2-27-19(26)24-9-6-14(7-10-24)25-17-16(11-13(20)12-22-17)23-18(25)15-5-3-4-8-21-15;;/h3-5,8,11-12,14H,2,6-7,9-10H2,1H3;3-5,8,11-12,14H,2,6-7,9-10,20H2,1H3;2*1H4. The largest absolute Gasteiger partial charge is 0.450 e. The molecule has 0 atom stereocenters. The van der Waals surface area contributed by atoms with E-state index in [0.29, 0.717) is 50.1 Å². The van der Waals surface area contributed by atoms with Gasteiger partial charge in [0.1, 0.15) is 22.4 Å². The summed E-state index contributed by atoms with van der Waals surface area (Å²) in [6, 6.07) is 15.5. The number of piperidine rings is 2. The number of imidazole rings is 2. The van der Waals surface area contributed by atoms with Crippen molar-refractivity contribution in [3.05, 3.63) is 78.3 Å². The van der Waals surface area contributed by atoms with Gasteiger partial charge in [0.15, 0.2) is 22.9 Å². The number of nitrogens with zero attached hydrogens (tertiary/aromatic N) is 10. The van der Waals surface area contributed by atoms with Crippen LogP contribution in [0.5, 0.6) is 0 Å². The summed E-state index contributed by atoms with van der Waals surface area (Å²) in [5.41, 5.74) is 11.1. The minimum absolute atomic E-state index is 0. The number of fused-ring (bicyclic) bond motifs is 2. The van der Waals surface area contributed by atoms with Crippen molar-refractivity contribution < 1.29 is 19.1 Å². The van der Waals surface area contributed by atoms with Crippen molar-refractivity contribution in [1.29, 1.82) is 0 Å². The molecular formula is C40H50ClN11O4. The Morgan fingerprint density at radius 1 is 0.696 bits per heavy atom. The van der Waals surface area contributed by atoms with Gasteiger partial charge < -0.3 is 34.1 Å². The van der Waals surface area contributed by atoms with E-state index in [1.54, 1.807) is 34.6 Å². The molecule has 2 aliphatic heterocycles. The first-order valence-corrected chi connectivity index (χ1v) is 18.6. The number of carbonyl (C=O) groups excluding carboxylic acids is 2. The van der Waals surface area contributed by atoms with E-state index in [0.717, 1.165) is 71.0 Å². The first-order chi connectivity index (χ1) is 26.3. The van der Waals surface area contributed by atoms with Gasteiger partial charge in [0.05, 0.1) is 30.1 Å². The maximum atomic E-state index is 12.0. The van der Waals surface area contributed by atoms with Crippen LogP contribution in [-0.4, -0.2) is 100 Å². The van der Waals surface area contributed by atoms with Crippen molar-refractivity contribution in [2.75, 3.05) is 45.1 Å². The second kappa shape index (κ2) is 18.7. The number of likely N-dealkylation sites (tertiary alicyclic amines) is 2. The van der Waals surface area contributed by atoms with E-state index in [2.05, 4.69) is 29.1 Å². The number of halogens is 1.